The molecule has 31 heavy (non-hydrogen) atoms. The number of halogens is 6. The number of hydrogen-bond donors (Lipinski definition) is 0. The van der Waals surface area contributed by atoms with Gasteiger partial charge < -0.3 is 9.53 Å². The van der Waals surface area contributed by atoms with Gasteiger partial charge in [-0.2, -0.15) is 26.3 Å². The fourth-order valence-electron chi connectivity index (χ4n) is 3.26. The highest BCUT2D eigenvalue weighted by Crippen LogP contribution is 2.41. The van der Waals surface area contributed by atoms with Gasteiger partial charge in [0.25, 0.3) is 0 Å². The third-order valence-electron chi connectivity index (χ3n) is 4.69. The van der Waals surface area contributed by atoms with E-state index in [9.17, 15) is 31.1 Å². The molecule has 0 amide bonds. The zero-order chi connectivity index (χ0) is 22.8. The van der Waals surface area contributed by atoms with E-state index in [1.165, 1.54) is 25.6 Å². The molecule has 3 rings (SSSR count). The Bertz CT molecular complexity index is 1060. The number of carbonyl (C=O) groups excluding carboxylic acids is 1. The number of aromatic nitrogens is 1. The summed E-state index contributed by atoms with van der Waals surface area (Å²) < 4.78 is 84.9. The Morgan fingerprint density at radius 1 is 0.903 bits per heavy atom. The third kappa shape index (κ3) is 4.70. The topological polar surface area (TPSA) is 39.2 Å². The second kappa shape index (κ2) is 8.41. The van der Waals surface area contributed by atoms with Crippen molar-refractivity contribution in [3.8, 4) is 16.9 Å². The summed E-state index contributed by atoms with van der Waals surface area (Å²) in [5.74, 6) is -1.00. The van der Waals surface area contributed by atoms with Crippen LogP contribution >= 0.6 is 0 Å². The van der Waals surface area contributed by atoms with E-state index in [1.807, 2.05) is 0 Å². The Hall–Kier alpha value is -3.36. The predicted molar refractivity (Wildman–Crippen MR) is 101 cm³/mol. The van der Waals surface area contributed by atoms with Crippen LogP contribution in [0.3, 0.4) is 0 Å². The van der Waals surface area contributed by atoms with Crippen LogP contribution in [0.15, 0.2) is 60.9 Å². The first-order valence-electron chi connectivity index (χ1n) is 8.88. The number of alkyl halides is 6. The molecule has 0 bridgehead atoms. The van der Waals surface area contributed by atoms with Crippen LogP contribution in [-0.2, 0) is 17.1 Å². The second-order valence-electron chi connectivity index (χ2n) is 6.62. The maximum absolute atomic E-state index is 13.3. The molecule has 1 heterocycles. The summed E-state index contributed by atoms with van der Waals surface area (Å²) in [4.78, 5) is 15.9. The molecule has 0 aliphatic heterocycles. The van der Waals surface area contributed by atoms with Gasteiger partial charge in [0, 0.05) is 18.0 Å². The molecule has 0 aliphatic rings. The van der Waals surface area contributed by atoms with Gasteiger partial charge in [-0.1, -0.05) is 18.2 Å². The summed E-state index contributed by atoms with van der Waals surface area (Å²) in [6.45, 7) is 0. The molecule has 9 heteroatoms. The predicted octanol–water partition coefficient (Wildman–Crippen LogP) is 6.13. The van der Waals surface area contributed by atoms with Gasteiger partial charge in [0.2, 0.25) is 0 Å². The van der Waals surface area contributed by atoms with Gasteiger partial charge in [0.1, 0.15) is 12.0 Å². The first-order chi connectivity index (χ1) is 14.6. The molecular weight excluding hydrogens is 424 g/mol. The number of rotatable bonds is 5. The Morgan fingerprint density at radius 2 is 1.52 bits per heavy atom. The highest BCUT2D eigenvalue weighted by atomic mass is 19.4. The van der Waals surface area contributed by atoms with Crippen molar-refractivity contribution in [2.45, 2.75) is 18.3 Å². The molecule has 0 spiro atoms. The number of nitrogens with zero attached hydrogens (tertiary/aromatic N) is 1. The van der Waals surface area contributed by atoms with Crippen LogP contribution in [0, 0.1) is 0 Å². The van der Waals surface area contributed by atoms with Gasteiger partial charge in [-0.25, -0.2) is 0 Å². The number of para-hydroxylation sites is 1. The number of pyridine rings is 1. The molecule has 0 radical (unpaired) electrons. The lowest BCUT2D eigenvalue weighted by Gasteiger charge is -2.20. The van der Waals surface area contributed by atoms with E-state index >= 15 is 0 Å². The van der Waals surface area contributed by atoms with Gasteiger partial charge in [0.15, 0.2) is 0 Å². The van der Waals surface area contributed by atoms with E-state index in [0.29, 0.717) is 35.3 Å². The van der Waals surface area contributed by atoms with Crippen molar-refractivity contribution in [2.24, 2.45) is 0 Å². The number of aldehydes is 1. The molecule has 3 aromatic rings. The molecule has 2 aromatic carbocycles. The smallest absolute Gasteiger partial charge is 0.416 e. The fraction of sp³-hybridized carbons (Fsp3) is 0.182. The van der Waals surface area contributed by atoms with Crippen LogP contribution in [0.25, 0.3) is 11.1 Å². The summed E-state index contributed by atoms with van der Waals surface area (Å²) in [6, 6.07) is 9.32. The summed E-state index contributed by atoms with van der Waals surface area (Å²) in [5, 5.41) is 0. The van der Waals surface area contributed by atoms with Crippen molar-refractivity contribution >= 4 is 6.29 Å². The molecule has 162 valence electrons. The average molecular weight is 439 g/mol. The molecule has 1 unspecified atom stereocenters. The minimum atomic E-state index is -5.02. The molecule has 1 atom stereocenters. The Kier molecular flexibility index (Phi) is 6.06. The van der Waals surface area contributed by atoms with E-state index < -0.39 is 35.0 Å². The lowest BCUT2D eigenvalue weighted by atomic mass is 9.86. The summed E-state index contributed by atoms with van der Waals surface area (Å²) in [7, 11) is 1.42. The Balaban J connectivity index is 2.24. The molecule has 3 nitrogen and oxygen atoms in total. The lowest BCUT2D eigenvalue weighted by molar-refractivity contribution is -0.143. The van der Waals surface area contributed by atoms with Crippen LogP contribution in [0.1, 0.15) is 28.2 Å². The van der Waals surface area contributed by atoms with Crippen LogP contribution in [0.2, 0.25) is 0 Å². The third-order valence-corrected chi connectivity index (χ3v) is 4.69. The van der Waals surface area contributed by atoms with E-state index in [-0.39, 0.29) is 11.6 Å². The molecular formula is C22H15F6NO2. The van der Waals surface area contributed by atoms with E-state index in [2.05, 4.69) is 4.98 Å². The van der Waals surface area contributed by atoms with Gasteiger partial charge in [0.05, 0.1) is 24.2 Å². The number of ether oxygens (including phenoxy) is 1. The SMILES string of the molecule is COc1ccccc1-c1ccncc1C(C=O)c1cc(C(F)(F)F)cc(C(F)(F)F)c1. The summed E-state index contributed by atoms with van der Waals surface area (Å²) in [5.41, 5.74) is -2.37. The van der Waals surface area contributed by atoms with Gasteiger partial charge in [-0.3, -0.25) is 4.98 Å². The molecule has 0 N–H and O–H groups in total. The maximum Gasteiger partial charge on any atom is 0.416 e. The van der Waals surface area contributed by atoms with Crippen molar-refractivity contribution in [1.29, 1.82) is 0 Å². The molecule has 1 aromatic heterocycles. The minimum Gasteiger partial charge on any atom is -0.496 e. The van der Waals surface area contributed by atoms with Crippen molar-refractivity contribution in [1.82, 2.24) is 4.98 Å². The second-order valence-corrected chi connectivity index (χ2v) is 6.62. The lowest BCUT2D eigenvalue weighted by Crippen LogP contribution is -2.14. The van der Waals surface area contributed by atoms with Gasteiger partial charge in [-0.15, -0.1) is 0 Å². The fourth-order valence-corrected chi connectivity index (χ4v) is 3.26. The zero-order valence-corrected chi connectivity index (χ0v) is 16.0. The van der Waals surface area contributed by atoms with Gasteiger partial charge >= 0.3 is 12.4 Å². The number of benzene rings is 2. The molecule has 0 saturated heterocycles. The maximum atomic E-state index is 13.3. The highest BCUT2D eigenvalue weighted by molar-refractivity contribution is 5.79. The average Bonchev–Trinajstić information content (AvgIpc) is 2.73. The Labute approximate surface area is 173 Å². The van der Waals surface area contributed by atoms with E-state index in [1.54, 1.807) is 24.3 Å². The number of methoxy groups -OCH3 is 1. The highest BCUT2D eigenvalue weighted by Gasteiger charge is 2.38. The van der Waals surface area contributed by atoms with Crippen LogP contribution in [0.5, 0.6) is 5.75 Å². The number of carbonyl (C=O) groups is 1. The Morgan fingerprint density at radius 3 is 2.06 bits per heavy atom. The molecule has 0 aliphatic carbocycles. The zero-order valence-electron chi connectivity index (χ0n) is 16.0. The summed E-state index contributed by atoms with van der Waals surface area (Å²) in [6.07, 6.45) is -7.10. The standard InChI is InChI=1S/C22H15F6NO2/c1-31-20-5-3-2-4-17(20)16-6-7-29-11-18(16)19(12-30)13-8-14(21(23,24)25)10-15(9-13)22(26,27)28/h2-12,19H,1H3. The first kappa shape index (κ1) is 22.3. The normalized spacial score (nSPS) is 13.0. The van der Waals surface area contributed by atoms with E-state index in [4.69, 9.17) is 4.74 Å². The van der Waals surface area contributed by atoms with Crippen molar-refractivity contribution in [3.63, 3.8) is 0 Å². The number of hydrogen-bond acceptors (Lipinski definition) is 3. The first-order valence-corrected chi connectivity index (χ1v) is 8.88. The van der Waals surface area contributed by atoms with Crippen molar-refractivity contribution in [3.05, 3.63) is 83.2 Å². The minimum absolute atomic E-state index is 0.0236. The molecule has 0 fully saturated rings. The van der Waals surface area contributed by atoms with Crippen LogP contribution in [-0.4, -0.2) is 18.4 Å². The van der Waals surface area contributed by atoms with Gasteiger partial charge in [-0.05, 0) is 47.0 Å². The monoisotopic (exact) mass is 439 g/mol. The van der Waals surface area contributed by atoms with Crippen molar-refractivity contribution < 1.29 is 35.9 Å². The summed E-state index contributed by atoms with van der Waals surface area (Å²) >= 11 is 0. The van der Waals surface area contributed by atoms with Crippen LogP contribution < -0.4 is 4.74 Å². The van der Waals surface area contributed by atoms with Crippen molar-refractivity contribution in [2.75, 3.05) is 7.11 Å². The van der Waals surface area contributed by atoms with Crippen LogP contribution in [0.4, 0.5) is 26.3 Å². The largest absolute Gasteiger partial charge is 0.496 e. The quantitative estimate of drug-likeness (QED) is 0.355. The molecule has 0 saturated carbocycles. The van der Waals surface area contributed by atoms with E-state index in [0.717, 1.165) is 0 Å².